The monoisotopic (exact) mass is 349 g/mol. The highest BCUT2D eigenvalue weighted by Crippen LogP contribution is 2.35. The molecule has 0 saturated carbocycles. The van der Waals surface area contributed by atoms with Gasteiger partial charge in [0.25, 0.3) is 5.56 Å². The van der Waals surface area contributed by atoms with Crippen molar-refractivity contribution in [1.29, 1.82) is 0 Å². The van der Waals surface area contributed by atoms with E-state index in [0.29, 0.717) is 11.3 Å². The summed E-state index contributed by atoms with van der Waals surface area (Å²) >= 11 is 1.56. The number of amides is 2. The van der Waals surface area contributed by atoms with Crippen LogP contribution in [0.25, 0.3) is 10.2 Å². The van der Waals surface area contributed by atoms with Crippen LogP contribution in [0.2, 0.25) is 0 Å². The number of rotatable bonds is 3. The van der Waals surface area contributed by atoms with Gasteiger partial charge in [0.2, 0.25) is 5.91 Å². The predicted molar refractivity (Wildman–Crippen MR) is 90.2 cm³/mol. The lowest BCUT2D eigenvalue weighted by molar-refractivity contribution is -0.121. The Morgan fingerprint density at radius 1 is 1.50 bits per heavy atom. The van der Waals surface area contributed by atoms with E-state index >= 15 is 0 Å². The van der Waals surface area contributed by atoms with Gasteiger partial charge in [0.1, 0.15) is 11.4 Å². The van der Waals surface area contributed by atoms with Crippen molar-refractivity contribution in [3.05, 3.63) is 27.1 Å². The van der Waals surface area contributed by atoms with Gasteiger partial charge in [-0.05, 0) is 37.7 Å². The summed E-state index contributed by atoms with van der Waals surface area (Å²) in [6.07, 6.45) is 3.44. The van der Waals surface area contributed by atoms with Crippen LogP contribution in [0.4, 0.5) is 4.79 Å². The number of carbonyl (C=O) groups is 2. The largest absolute Gasteiger partial charge is 0.450 e. The summed E-state index contributed by atoms with van der Waals surface area (Å²) in [7, 11) is 0. The van der Waals surface area contributed by atoms with E-state index in [4.69, 9.17) is 0 Å². The van der Waals surface area contributed by atoms with Crippen LogP contribution in [-0.4, -0.2) is 28.2 Å². The maximum absolute atomic E-state index is 12.7. The van der Waals surface area contributed by atoms with E-state index in [0.717, 1.165) is 29.7 Å². The molecule has 7 nitrogen and oxygen atoms in total. The Hall–Kier alpha value is -2.22. The van der Waals surface area contributed by atoms with E-state index in [1.54, 1.807) is 18.3 Å². The number of aromatic nitrogens is 2. The predicted octanol–water partition coefficient (Wildman–Crippen LogP) is 1.86. The molecule has 0 bridgehead atoms. The van der Waals surface area contributed by atoms with Crippen molar-refractivity contribution in [3.63, 3.8) is 0 Å². The number of nitrogens with one attached hydrogen (secondary N) is 1. The SMILES string of the molecule is CCOC(=O)NC(=O)Cn1cnc2sc3c(c2c1=O)CC[C@H](C)C3. The zero-order valence-electron chi connectivity index (χ0n) is 13.6. The van der Waals surface area contributed by atoms with Gasteiger partial charge in [-0.3, -0.25) is 19.5 Å². The molecule has 2 aromatic heterocycles. The Bertz CT molecular complexity index is 855. The Morgan fingerprint density at radius 2 is 2.29 bits per heavy atom. The quantitative estimate of drug-likeness (QED) is 0.913. The molecule has 0 unspecified atom stereocenters. The summed E-state index contributed by atoms with van der Waals surface area (Å²) in [4.78, 5) is 42.1. The van der Waals surface area contributed by atoms with Crippen molar-refractivity contribution in [2.45, 2.75) is 39.7 Å². The number of imide groups is 1. The first-order valence-corrected chi connectivity index (χ1v) is 8.77. The van der Waals surface area contributed by atoms with Crippen LogP contribution >= 0.6 is 11.3 Å². The van der Waals surface area contributed by atoms with E-state index in [2.05, 4.69) is 22.0 Å². The molecule has 2 heterocycles. The summed E-state index contributed by atoms with van der Waals surface area (Å²) in [6, 6.07) is 0. The van der Waals surface area contributed by atoms with Gasteiger partial charge >= 0.3 is 6.09 Å². The fraction of sp³-hybridized carbons (Fsp3) is 0.500. The smallest absolute Gasteiger partial charge is 0.413 e. The Morgan fingerprint density at radius 3 is 3.04 bits per heavy atom. The number of alkyl carbamates (subject to hydrolysis) is 1. The average molecular weight is 349 g/mol. The molecule has 0 radical (unpaired) electrons. The molecule has 3 rings (SSSR count). The first-order valence-electron chi connectivity index (χ1n) is 7.95. The minimum atomic E-state index is -0.813. The number of thiophene rings is 1. The third kappa shape index (κ3) is 3.19. The van der Waals surface area contributed by atoms with E-state index in [9.17, 15) is 14.4 Å². The molecule has 2 aromatic rings. The molecule has 1 N–H and O–H groups in total. The Labute approximate surface area is 142 Å². The van der Waals surface area contributed by atoms with E-state index in [1.807, 2.05) is 0 Å². The minimum Gasteiger partial charge on any atom is -0.450 e. The lowest BCUT2D eigenvalue weighted by Gasteiger charge is -2.17. The fourth-order valence-electron chi connectivity index (χ4n) is 2.95. The maximum Gasteiger partial charge on any atom is 0.413 e. The summed E-state index contributed by atoms with van der Waals surface area (Å²) in [6.45, 7) is 3.76. The fourth-order valence-corrected chi connectivity index (χ4v) is 4.29. The van der Waals surface area contributed by atoms with Gasteiger partial charge < -0.3 is 4.74 Å². The van der Waals surface area contributed by atoms with Gasteiger partial charge in [-0.1, -0.05) is 6.92 Å². The average Bonchev–Trinajstić information content (AvgIpc) is 2.88. The lowest BCUT2D eigenvalue weighted by atomic mass is 9.89. The zero-order valence-corrected chi connectivity index (χ0v) is 14.4. The van der Waals surface area contributed by atoms with E-state index < -0.39 is 12.0 Å². The van der Waals surface area contributed by atoms with Crippen molar-refractivity contribution < 1.29 is 14.3 Å². The molecule has 1 atom stereocenters. The number of ether oxygens (including phenoxy) is 1. The van der Waals surface area contributed by atoms with Gasteiger partial charge in [0.05, 0.1) is 18.3 Å². The third-order valence-corrected chi connectivity index (χ3v) is 5.28. The molecule has 1 aliphatic rings. The molecule has 0 saturated heterocycles. The van der Waals surface area contributed by atoms with Crippen LogP contribution in [0.1, 0.15) is 30.7 Å². The first-order chi connectivity index (χ1) is 11.5. The van der Waals surface area contributed by atoms with Crippen molar-refractivity contribution in [1.82, 2.24) is 14.9 Å². The molecule has 0 aromatic carbocycles. The lowest BCUT2D eigenvalue weighted by Crippen LogP contribution is -2.36. The normalized spacial score (nSPS) is 16.7. The topological polar surface area (TPSA) is 90.3 Å². The van der Waals surface area contributed by atoms with Crippen molar-refractivity contribution in [3.8, 4) is 0 Å². The van der Waals surface area contributed by atoms with Crippen molar-refractivity contribution >= 4 is 33.6 Å². The number of aryl methyl sites for hydroxylation is 1. The summed E-state index contributed by atoms with van der Waals surface area (Å²) in [5.41, 5.74) is 0.844. The summed E-state index contributed by atoms with van der Waals surface area (Å²) in [5.74, 6) is 0.0116. The second kappa shape index (κ2) is 6.72. The summed E-state index contributed by atoms with van der Waals surface area (Å²) in [5, 5.41) is 2.70. The van der Waals surface area contributed by atoms with Gasteiger partial charge in [-0.2, -0.15) is 0 Å². The number of nitrogens with zero attached hydrogens (tertiary/aromatic N) is 2. The maximum atomic E-state index is 12.7. The Balaban J connectivity index is 1.88. The second-order valence-electron chi connectivity index (χ2n) is 5.98. The molecule has 0 spiro atoms. The standard InChI is InChI=1S/C16H19N3O4S/c1-3-23-16(22)18-12(20)7-19-8-17-14-13(15(19)21)10-5-4-9(2)6-11(10)24-14/h8-9H,3-7H2,1-2H3,(H,18,20,22)/t9-/m0/s1. The van der Waals surface area contributed by atoms with E-state index in [1.165, 1.54) is 15.8 Å². The molecule has 0 fully saturated rings. The van der Waals surface area contributed by atoms with Gasteiger partial charge in [-0.25, -0.2) is 9.78 Å². The zero-order chi connectivity index (χ0) is 17.3. The molecular weight excluding hydrogens is 330 g/mol. The van der Waals surface area contributed by atoms with Crippen LogP contribution in [0.3, 0.4) is 0 Å². The first kappa shape index (κ1) is 16.6. The molecule has 1 aliphatic carbocycles. The van der Waals surface area contributed by atoms with Crippen LogP contribution in [0.5, 0.6) is 0 Å². The number of hydrogen-bond donors (Lipinski definition) is 1. The number of fused-ring (bicyclic) bond motifs is 3. The van der Waals surface area contributed by atoms with Crippen LogP contribution in [-0.2, 0) is 28.9 Å². The Kier molecular flexibility index (Phi) is 4.66. The highest BCUT2D eigenvalue weighted by atomic mass is 32.1. The van der Waals surface area contributed by atoms with Crippen LogP contribution in [0, 0.1) is 5.92 Å². The molecule has 128 valence electrons. The second-order valence-corrected chi connectivity index (χ2v) is 7.06. The highest BCUT2D eigenvalue weighted by molar-refractivity contribution is 7.18. The molecule has 24 heavy (non-hydrogen) atoms. The molecule has 0 aliphatic heterocycles. The number of carbonyl (C=O) groups excluding carboxylic acids is 2. The molecule has 2 amide bonds. The van der Waals surface area contributed by atoms with Crippen molar-refractivity contribution in [2.24, 2.45) is 5.92 Å². The minimum absolute atomic E-state index is 0.173. The molecular formula is C16H19N3O4S. The van der Waals surface area contributed by atoms with Gasteiger partial charge in [0, 0.05) is 4.88 Å². The highest BCUT2D eigenvalue weighted by Gasteiger charge is 2.23. The molecule has 8 heteroatoms. The van der Waals surface area contributed by atoms with Crippen LogP contribution in [0.15, 0.2) is 11.1 Å². The van der Waals surface area contributed by atoms with Gasteiger partial charge in [0.15, 0.2) is 0 Å². The third-order valence-electron chi connectivity index (χ3n) is 4.11. The van der Waals surface area contributed by atoms with Crippen molar-refractivity contribution in [2.75, 3.05) is 6.61 Å². The number of hydrogen-bond acceptors (Lipinski definition) is 6. The summed E-state index contributed by atoms with van der Waals surface area (Å²) < 4.78 is 5.89. The van der Waals surface area contributed by atoms with Crippen LogP contribution < -0.4 is 10.9 Å². The van der Waals surface area contributed by atoms with Gasteiger partial charge in [-0.15, -0.1) is 11.3 Å². The van der Waals surface area contributed by atoms with E-state index in [-0.39, 0.29) is 18.7 Å².